The van der Waals surface area contributed by atoms with Crippen molar-refractivity contribution < 1.29 is 9.53 Å². The zero-order chi connectivity index (χ0) is 13.0. The van der Waals surface area contributed by atoms with E-state index in [9.17, 15) is 4.79 Å². The van der Waals surface area contributed by atoms with Crippen LogP contribution in [0, 0.1) is 6.92 Å². The van der Waals surface area contributed by atoms with Gasteiger partial charge in [0.25, 0.3) is 0 Å². The van der Waals surface area contributed by atoms with Crippen LogP contribution in [0.25, 0.3) is 0 Å². The van der Waals surface area contributed by atoms with Crippen molar-refractivity contribution in [2.45, 2.75) is 38.3 Å². The molecule has 4 heteroatoms. The first-order valence-corrected chi connectivity index (χ1v) is 6.40. The van der Waals surface area contributed by atoms with Gasteiger partial charge in [-0.2, -0.15) is 0 Å². The molecular weight excluding hydrogens is 228 g/mol. The molecule has 0 bridgehead atoms. The minimum atomic E-state index is -0.297. The second kappa shape index (κ2) is 5.87. The molecule has 1 unspecified atom stereocenters. The molecule has 1 atom stereocenters. The van der Waals surface area contributed by atoms with Gasteiger partial charge in [0, 0.05) is 12.5 Å². The third-order valence-corrected chi connectivity index (χ3v) is 3.02. The Kier molecular flexibility index (Phi) is 4.20. The average molecular weight is 248 g/mol. The number of hydrogen-bond acceptors (Lipinski definition) is 3. The lowest BCUT2D eigenvalue weighted by atomic mass is 10.2. The Morgan fingerprint density at radius 3 is 2.94 bits per heavy atom. The summed E-state index contributed by atoms with van der Waals surface area (Å²) >= 11 is 0. The van der Waals surface area contributed by atoms with Gasteiger partial charge < -0.3 is 15.8 Å². The maximum Gasteiger partial charge on any atom is 0.234 e. The van der Waals surface area contributed by atoms with Gasteiger partial charge in [-0.05, 0) is 37.5 Å². The Morgan fingerprint density at radius 1 is 1.56 bits per heavy atom. The summed E-state index contributed by atoms with van der Waals surface area (Å²) in [6.07, 6.45) is 2.89. The Bertz CT molecular complexity index is 416. The number of benzene rings is 1. The lowest BCUT2D eigenvalue weighted by Gasteiger charge is -2.15. The number of rotatable bonds is 7. The predicted molar refractivity (Wildman–Crippen MR) is 70.4 cm³/mol. The molecule has 0 radical (unpaired) electrons. The van der Waals surface area contributed by atoms with Crippen molar-refractivity contribution in [1.29, 1.82) is 0 Å². The van der Waals surface area contributed by atoms with Gasteiger partial charge in [-0.1, -0.05) is 12.1 Å². The maximum absolute atomic E-state index is 11.3. The first-order chi connectivity index (χ1) is 8.65. The van der Waals surface area contributed by atoms with Gasteiger partial charge in [-0.3, -0.25) is 4.79 Å². The van der Waals surface area contributed by atoms with E-state index in [2.05, 4.69) is 5.32 Å². The molecule has 0 spiro atoms. The van der Waals surface area contributed by atoms with E-state index >= 15 is 0 Å². The largest absolute Gasteiger partial charge is 0.494 e. The minimum Gasteiger partial charge on any atom is -0.494 e. The molecule has 0 saturated heterocycles. The van der Waals surface area contributed by atoms with Gasteiger partial charge in [0.05, 0.1) is 12.6 Å². The summed E-state index contributed by atoms with van der Waals surface area (Å²) in [6.45, 7) is 2.52. The van der Waals surface area contributed by atoms with Gasteiger partial charge >= 0.3 is 0 Å². The summed E-state index contributed by atoms with van der Waals surface area (Å²) in [6, 6.07) is 8.07. The quantitative estimate of drug-likeness (QED) is 0.766. The van der Waals surface area contributed by atoms with E-state index in [-0.39, 0.29) is 11.9 Å². The number of hydrogen-bond donors (Lipinski definition) is 2. The van der Waals surface area contributed by atoms with Crippen molar-refractivity contribution in [3.05, 3.63) is 29.8 Å². The standard InChI is InChI=1S/C14H20N2O2/c1-10-3-2-4-12(9-10)18-8-7-13(14(15)17)16-11-5-6-11/h2-4,9,11,13,16H,5-8H2,1H3,(H2,15,17). The van der Waals surface area contributed by atoms with Crippen molar-refractivity contribution in [1.82, 2.24) is 5.32 Å². The van der Waals surface area contributed by atoms with Crippen LogP contribution < -0.4 is 15.8 Å². The Hall–Kier alpha value is -1.55. The first-order valence-electron chi connectivity index (χ1n) is 6.40. The summed E-state index contributed by atoms with van der Waals surface area (Å²) in [4.78, 5) is 11.3. The fourth-order valence-electron chi connectivity index (χ4n) is 1.84. The smallest absolute Gasteiger partial charge is 0.234 e. The third-order valence-electron chi connectivity index (χ3n) is 3.02. The summed E-state index contributed by atoms with van der Waals surface area (Å²) in [5, 5.41) is 3.23. The number of nitrogens with two attached hydrogens (primary N) is 1. The van der Waals surface area contributed by atoms with Crippen LogP contribution in [-0.2, 0) is 4.79 Å². The van der Waals surface area contributed by atoms with E-state index in [1.165, 1.54) is 0 Å². The van der Waals surface area contributed by atoms with Crippen LogP contribution in [0.3, 0.4) is 0 Å². The molecule has 1 aliphatic rings. The maximum atomic E-state index is 11.3. The Morgan fingerprint density at radius 2 is 2.33 bits per heavy atom. The Labute approximate surface area is 108 Å². The highest BCUT2D eigenvalue weighted by Crippen LogP contribution is 2.20. The molecule has 0 aromatic heterocycles. The fraction of sp³-hybridized carbons (Fsp3) is 0.500. The van der Waals surface area contributed by atoms with Crippen LogP contribution in [-0.4, -0.2) is 24.6 Å². The molecule has 98 valence electrons. The van der Waals surface area contributed by atoms with Gasteiger partial charge in [0.1, 0.15) is 5.75 Å². The van der Waals surface area contributed by atoms with Crippen molar-refractivity contribution in [2.24, 2.45) is 5.73 Å². The van der Waals surface area contributed by atoms with Crippen LogP contribution in [0.5, 0.6) is 5.75 Å². The normalized spacial score (nSPS) is 16.3. The number of aryl methyl sites for hydroxylation is 1. The fourth-order valence-corrected chi connectivity index (χ4v) is 1.84. The summed E-state index contributed by atoms with van der Waals surface area (Å²) in [7, 11) is 0. The molecule has 0 heterocycles. The molecule has 1 amide bonds. The lowest BCUT2D eigenvalue weighted by Crippen LogP contribution is -2.43. The van der Waals surface area contributed by atoms with Crippen LogP contribution >= 0.6 is 0 Å². The van der Waals surface area contributed by atoms with Gasteiger partial charge in [-0.25, -0.2) is 0 Å². The molecule has 1 aliphatic carbocycles. The number of primary amides is 1. The zero-order valence-corrected chi connectivity index (χ0v) is 10.7. The molecule has 4 nitrogen and oxygen atoms in total. The van der Waals surface area contributed by atoms with E-state index in [4.69, 9.17) is 10.5 Å². The molecule has 0 aliphatic heterocycles. The molecular formula is C14H20N2O2. The highest BCUT2D eigenvalue weighted by atomic mass is 16.5. The number of carbonyl (C=O) groups is 1. The topological polar surface area (TPSA) is 64.3 Å². The first kappa shape index (κ1) is 12.9. The van der Waals surface area contributed by atoms with Crippen LogP contribution in [0.1, 0.15) is 24.8 Å². The van der Waals surface area contributed by atoms with Crippen LogP contribution in [0.15, 0.2) is 24.3 Å². The van der Waals surface area contributed by atoms with E-state index in [1.54, 1.807) is 0 Å². The third kappa shape index (κ3) is 4.04. The van der Waals surface area contributed by atoms with E-state index in [0.29, 0.717) is 19.1 Å². The molecule has 1 fully saturated rings. The van der Waals surface area contributed by atoms with Crippen molar-refractivity contribution in [3.8, 4) is 5.75 Å². The van der Waals surface area contributed by atoms with E-state index in [1.807, 2.05) is 31.2 Å². The Balaban J connectivity index is 1.77. The summed E-state index contributed by atoms with van der Waals surface area (Å²) in [5.74, 6) is 0.541. The highest BCUT2D eigenvalue weighted by molar-refractivity contribution is 5.79. The summed E-state index contributed by atoms with van der Waals surface area (Å²) in [5.41, 5.74) is 6.52. The molecule has 18 heavy (non-hydrogen) atoms. The number of ether oxygens (including phenoxy) is 1. The monoisotopic (exact) mass is 248 g/mol. The molecule has 1 aromatic carbocycles. The predicted octanol–water partition coefficient (Wildman–Crippen LogP) is 1.37. The van der Waals surface area contributed by atoms with Crippen molar-refractivity contribution in [3.63, 3.8) is 0 Å². The number of amides is 1. The minimum absolute atomic E-state index is 0.276. The lowest BCUT2D eigenvalue weighted by molar-refractivity contribution is -0.120. The molecule has 1 aromatic rings. The van der Waals surface area contributed by atoms with Gasteiger partial charge in [0.2, 0.25) is 5.91 Å². The highest BCUT2D eigenvalue weighted by Gasteiger charge is 2.26. The van der Waals surface area contributed by atoms with E-state index < -0.39 is 0 Å². The average Bonchev–Trinajstić information content (AvgIpc) is 3.11. The molecule has 3 N–H and O–H groups in total. The van der Waals surface area contributed by atoms with Crippen LogP contribution in [0.2, 0.25) is 0 Å². The van der Waals surface area contributed by atoms with Crippen molar-refractivity contribution >= 4 is 5.91 Å². The second-order valence-electron chi connectivity index (χ2n) is 4.85. The zero-order valence-electron chi connectivity index (χ0n) is 10.7. The second-order valence-corrected chi connectivity index (χ2v) is 4.85. The summed E-state index contributed by atoms with van der Waals surface area (Å²) < 4.78 is 5.62. The number of carbonyl (C=O) groups excluding carboxylic acids is 1. The van der Waals surface area contributed by atoms with Crippen molar-refractivity contribution in [2.75, 3.05) is 6.61 Å². The SMILES string of the molecule is Cc1cccc(OCCC(NC2CC2)C(N)=O)c1. The van der Waals surface area contributed by atoms with Gasteiger partial charge in [0.15, 0.2) is 0 Å². The molecule has 2 rings (SSSR count). The van der Waals surface area contributed by atoms with E-state index in [0.717, 1.165) is 24.2 Å². The van der Waals surface area contributed by atoms with Gasteiger partial charge in [-0.15, -0.1) is 0 Å². The van der Waals surface area contributed by atoms with Crippen LogP contribution in [0.4, 0.5) is 0 Å². The number of nitrogens with one attached hydrogen (secondary N) is 1. The molecule has 1 saturated carbocycles.